The van der Waals surface area contributed by atoms with E-state index in [1.54, 1.807) is 42.5 Å². The number of benzene rings is 2. The van der Waals surface area contributed by atoms with Gasteiger partial charge in [-0.3, -0.25) is 20.4 Å². The monoisotopic (exact) mass is 370 g/mol. The van der Waals surface area contributed by atoms with Gasteiger partial charge in [0.25, 0.3) is 11.8 Å². The van der Waals surface area contributed by atoms with Crippen LogP contribution in [0.25, 0.3) is 0 Å². The molecule has 2 aromatic carbocycles. The Balaban J connectivity index is 1.53. The van der Waals surface area contributed by atoms with E-state index in [-0.39, 0.29) is 6.61 Å². The van der Waals surface area contributed by atoms with Gasteiger partial charge in [0.2, 0.25) is 6.10 Å². The molecule has 0 spiro atoms. The number of hydrogen-bond acceptors (Lipinski definition) is 5. The molecule has 0 bridgehead atoms. The van der Waals surface area contributed by atoms with Crippen molar-refractivity contribution in [2.75, 3.05) is 13.2 Å². The van der Waals surface area contributed by atoms with E-state index in [0.29, 0.717) is 35.3 Å². The Morgan fingerprint density at radius 3 is 2.67 bits per heavy atom. The summed E-state index contributed by atoms with van der Waals surface area (Å²) in [4.78, 5) is 24.5. The summed E-state index contributed by atoms with van der Waals surface area (Å²) in [6, 6.07) is 13.9. The molecule has 1 atom stereocenters. The van der Waals surface area contributed by atoms with Crippen LogP contribution in [-0.4, -0.2) is 31.1 Å². The van der Waals surface area contributed by atoms with E-state index in [4.69, 9.17) is 14.2 Å². The first-order valence-corrected chi connectivity index (χ1v) is 8.74. The number of para-hydroxylation sites is 2. The lowest BCUT2D eigenvalue weighted by atomic mass is 10.2. The molecular weight excluding hydrogens is 348 g/mol. The molecule has 7 heteroatoms. The molecule has 0 saturated heterocycles. The van der Waals surface area contributed by atoms with E-state index < -0.39 is 17.9 Å². The van der Waals surface area contributed by atoms with Crippen molar-refractivity contribution in [2.24, 2.45) is 5.92 Å². The van der Waals surface area contributed by atoms with E-state index in [9.17, 15) is 9.59 Å². The number of hydrogen-bond donors (Lipinski definition) is 2. The van der Waals surface area contributed by atoms with E-state index in [1.807, 2.05) is 19.9 Å². The maximum absolute atomic E-state index is 12.3. The number of rotatable bonds is 5. The molecule has 0 aliphatic carbocycles. The first-order valence-electron chi connectivity index (χ1n) is 8.74. The summed E-state index contributed by atoms with van der Waals surface area (Å²) in [7, 11) is 0. The molecule has 2 aromatic rings. The molecule has 2 N–H and O–H groups in total. The Kier molecular flexibility index (Phi) is 5.80. The number of hydrazine groups is 1. The van der Waals surface area contributed by atoms with Crippen molar-refractivity contribution >= 4 is 11.8 Å². The Morgan fingerprint density at radius 1 is 1.11 bits per heavy atom. The molecular formula is C20H22N2O5. The summed E-state index contributed by atoms with van der Waals surface area (Å²) in [6.45, 7) is 4.71. The van der Waals surface area contributed by atoms with Crippen LogP contribution in [0, 0.1) is 5.92 Å². The zero-order valence-corrected chi connectivity index (χ0v) is 15.2. The third kappa shape index (κ3) is 4.91. The van der Waals surface area contributed by atoms with Crippen molar-refractivity contribution in [2.45, 2.75) is 20.0 Å². The topological polar surface area (TPSA) is 85.9 Å². The summed E-state index contributed by atoms with van der Waals surface area (Å²) < 4.78 is 16.7. The van der Waals surface area contributed by atoms with Crippen LogP contribution in [0.2, 0.25) is 0 Å². The van der Waals surface area contributed by atoms with Gasteiger partial charge in [0.05, 0.1) is 6.61 Å². The van der Waals surface area contributed by atoms with E-state index in [0.717, 1.165) is 0 Å². The van der Waals surface area contributed by atoms with E-state index >= 15 is 0 Å². The van der Waals surface area contributed by atoms with Gasteiger partial charge in [0.15, 0.2) is 11.5 Å². The van der Waals surface area contributed by atoms with E-state index in [1.165, 1.54) is 0 Å². The van der Waals surface area contributed by atoms with Gasteiger partial charge in [0.1, 0.15) is 12.4 Å². The highest BCUT2D eigenvalue weighted by atomic mass is 16.6. The Bertz CT molecular complexity index is 822. The second-order valence-electron chi connectivity index (χ2n) is 6.54. The highest BCUT2D eigenvalue weighted by molar-refractivity contribution is 5.96. The Labute approximate surface area is 157 Å². The van der Waals surface area contributed by atoms with Gasteiger partial charge in [-0.2, -0.15) is 0 Å². The molecule has 3 rings (SSSR count). The fourth-order valence-electron chi connectivity index (χ4n) is 2.41. The van der Waals surface area contributed by atoms with Crippen LogP contribution in [0.15, 0.2) is 48.5 Å². The second-order valence-corrected chi connectivity index (χ2v) is 6.54. The highest BCUT2D eigenvalue weighted by Crippen LogP contribution is 2.30. The van der Waals surface area contributed by atoms with Crippen LogP contribution in [0.5, 0.6) is 17.2 Å². The lowest BCUT2D eigenvalue weighted by molar-refractivity contribution is -0.131. The van der Waals surface area contributed by atoms with Crippen LogP contribution in [0.3, 0.4) is 0 Å². The lowest BCUT2D eigenvalue weighted by Gasteiger charge is -2.25. The first kappa shape index (κ1) is 18.6. The fraction of sp³-hybridized carbons (Fsp3) is 0.300. The standard InChI is InChI=1S/C20H22N2O5/c1-13(2)11-25-15-7-5-6-14(10-15)19(23)21-22-20(24)18-12-26-16-8-3-4-9-17(16)27-18/h3-10,13,18H,11-12H2,1-2H3,(H,21,23)(H,22,24)/t18-/m0/s1. The minimum absolute atomic E-state index is 0.0667. The van der Waals surface area contributed by atoms with Crippen molar-refractivity contribution in [3.8, 4) is 17.2 Å². The predicted octanol–water partition coefficient (Wildman–Crippen LogP) is 2.32. The molecule has 1 aliphatic rings. The highest BCUT2D eigenvalue weighted by Gasteiger charge is 2.27. The minimum atomic E-state index is -0.846. The summed E-state index contributed by atoms with van der Waals surface area (Å²) in [5.74, 6) is 1.11. The van der Waals surface area contributed by atoms with Gasteiger partial charge in [-0.1, -0.05) is 32.0 Å². The molecule has 0 radical (unpaired) electrons. The lowest BCUT2D eigenvalue weighted by Crippen LogP contribution is -2.50. The van der Waals surface area contributed by atoms with Gasteiger partial charge < -0.3 is 14.2 Å². The molecule has 2 amide bonds. The van der Waals surface area contributed by atoms with Gasteiger partial charge in [-0.15, -0.1) is 0 Å². The summed E-state index contributed by atoms with van der Waals surface area (Å²) in [5, 5.41) is 0. The summed E-state index contributed by atoms with van der Waals surface area (Å²) in [5.41, 5.74) is 5.13. The molecule has 0 fully saturated rings. The fourth-order valence-corrected chi connectivity index (χ4v) is 2.41. The molecule has 1 aliphatic heterocycles. The van der Waals surface area contributed by atoms with Crippen LogP contribution in [0.1, 0.15) is 24.2 Å². The van der Waals surface area contributed by atoms with Gasteiger partial charge in [0, 0.05) is 5.56 Å². The SMILES string of the molecule is CC(C)COc1cccc(C(=O)NNC(=O)[C@@H]2COc3ccccc3O2)c1. The minimum Gasteiger partial charge on any atom is -0.493 e. The average Bonchev–Trinajstić information content (AvgIpc) is 2.70. The number of fused-ring (bicyclic) bond motifs is 1. The smallest absolute Gasteiger partial charge is 0.283 e. The number of carbonyl (C=O) groups excluding carboxylic acids is 2. The van der Waals surface area contributed by atoms with E-state index in [2.05, 4.69) is 10.9 Å². The number of ether oxygens (including phenoxy) is 3. The molecule has 142 valence electrons. The maximum atomic E-state index is 12.3. The van der Waals surface area contributed by atoms with Crippen LogP contribution in [0.4, 0.5) is 0 Å². The number of carbonyl (C=O) groups is 2. The van der Waals surface area contributed by atoms with Gasteiger partial charge in [-0.25, -0.2) is 0 Å². The van der Waals surface area contributed by atoms with Crippen molar-refractivity contribution in [1.29, 1.82) is 0 Å². The summed E-state index contributed by atoms with van der Waals surface area (Å²) in [6.07, 6.45) is -0.846. The Hall–Kier alpha value is -3.22. The zero-order valence-electron chi connectivity index (χ0n) is 15.2. The van der Waals surface area contributed by atoms with Crippen molar-refractivity contribution in [3.63, 3.8) is 0 Å². The largest absolute Gasteiger partial charge is 0.493 e. The summed E-state index contributed by atoms with van der Waals surface area (Å²) >= 11 is 0. The molecule has 0 aromatic heterocycles. The third-order valence-corrected chi connectivity index (χ3v) is 3.78. The Morgan fingerprint density at radius 2 is 1.89 bits per heavy atom. The quantitative estimate of drug-likeness (QED) is 0.789. The van der Waals surface area contributed by atoms with Crippen molar-refractivity contribution in [1.82, 2.24) is 10.9 Å². The van der Waals surface area contributed by atoms with Crippen molar-refractivity contribution in [3.05, 3.63) is 54.1 Å². The average molecular weight is 370 g/mol. The predicted molar refractivity (Wildman–Crippen MR) is 98.7 cm³/mol. The molecule has 1 heterocycles. The van der Waals surface area contributed by atoms with Crippen LogP contribution in [-0.2, 0) is 4.79 Å². The van der Waals surface area contributed by atoms with Crippen LogP contribution >= 0.6 is 0 Å². The maximum Gasteiger partial charge on any atom is 0.283 e. The van der Waals surface area contributed by atoms with Gasteiger partial charge in [-0.05, 0) is 36.2 Å². The molecule has 27 heavy (non-hydrogen) atoms. The van der Waals surface area contributed by atoms with Crippen molar-refractivity contribution < 1.29 is 23.8 Å². The molecule has 7 nitrogen and oxygen atoms in total. The third-order valence-electron chi connectivity index (χ3n) is 3.78. The zero-order chi connectivity index (χ0) is 19.2. The number of nitrogens with one attached hydrogen (secondary N) is 2. The second kappa shape index (κ2) is 8.44. The first-order chi connectivity index (χ1) is 13.0. The molecule has 0 unspecified atom stereocenters. The van der Waals surface area contributed by atoms with Gasteiger partial charge >= 0.3 is 0 Å². The molecule has 0 saturated carbocycles. The number of amides is 2. The normalized spacial score (nSPS) is 15.1. The van der Waals surface area contributed by atoms with Crippen LogP contribution < -0.4 is 25.1 Å².